The van der Waals surface area contributed by atoms with Gasteiger partial charge in [0.05, 0.1) is 17.7 Å². The van der Waals surface area contributed by atoms with Crippen LogP contribution in [0.25, 0.3) is 0 Å². The van der Waals surface area contributed by atoms with E-state index in [1.54, 1.807) is 24.3 Å². The molecule has 2 fully saturated rings. The Morgan fingerprint density at radius 3 is 2.14 bits per heavy atom. The normalized spacial score (nSPS) is 25.7. The van der Waals surface area contributed by atoms with E-state index in [1.165, 1.54) is 0 Å². The van der Waals surface area contributed by atoms with Crippen molar-refractivity contribution in [3.63, 3.8) is 0 Å². The van der Waals surface area contributed by atoms with Crippen LogP contribution in [0.15, 0.2) is 60.7 Å². The van der Waals surface area contributed by atoms with Crippen LogP contribution in [-0.2, 0) is 9.47 Å². The summed E-state index contributed by atoms with van der Waals surface area (Å²) in [7, 11) is 2.11. The van der Waals surface area contributed by atoms with Gasteiger partial charge in [-0.25, -0.2) is 9.59 Å². The fourth-order valence-corrected chi connectivity index (χ4v) is 4.50. The van der Waals surface area contributed by atoms with Crippen LogP contribution in [0.4, 0.5) is 0 Å². The molecular weight excluding hydrogens is 390 g/mol. The molecule has 0 N–H and O–H groups in total. The first-order chi connectivity index (χ1) is 13.6. The number of halogens is 1. The second-order valence-corrected chi connectivity index (χ2v) is 7.64. The first-order valence-corrected chi connectivity index (χ1v) is 9.83. The lowest BCUT2D eigenvalue weighted by atomic mass is 9.88. The first kappa shape index (κ1) is 21.3. The third kappa shape index (κ3) is 4.62. The van der Waals surface area contributed by atoms with Crippen molar-refractivity contribution >= 4 is 11.9 Å². The second-order valence-electron chi connectivity index (χ2n) is 7.64. The minimum absolute atomic E-state index is 0. The summed E-state index contributed by atoms with van der Waals surface area (Å²) >= 11 is 0. The molecule has 2 bridgehead atoms. The molecule has 2 unspecified atom stereocenters. The Morgan fingerprint density at radius 2 is 1.52 bits per heavy atom. The van der Waals surface area contributed by atoms with Gasteiger partial charge >= 0.3 is 11.9 Å². The van der Waals surface area contributed by atoms with Gasteiger partial charge in [0.15, 0.2) is 0 Å². The van der Waals surface area contributed by atoms with Gasteiger partial charge in [-0.2, -0.15) is 0 Å². The fourth-order valence-electron chi connectivity index (χ4n) is 4.50. The van der Waals surface area contributed by atoms with Gasteiger partial charge in [-0.15, -0.1) is 0 Å². The molecule has 2 saturated heterocycles. The van der Waals surface area contributed by atoms with Crippen LogP contribution >= 0.6 is 0 Å². The number of carbonyl (C=O) groups excluding carboxylic acids is 2. The van der Waals surface area contributed by atoms with Crippen molar-refractivity contribution in [2.45, 2.75) is 37.5 Å². The molecule has 154 valence electrons. The Balaban J connectivity index is 0.00000240. The smallest absolute Gasteiger partial charge is 0.338 e. The van der Waals surface area contributed by atoms with Gasteiger partial charge in [-0.1, -0.05) is 36.4 Å². The summed E-state index contributed by atoms with van der Waals surface area (Å²) in [4.78, 5) is 27.3. The van der Waals surface area contributed by atoms with Crippen molar-refractivity contribution in [3.8, 4) is 0 Å². The maximum Gasteiger partial charge on any atom is 0.338 e. The van der Waals surface area contributed by atoms with E-state index in [4.69, 9.17) is 9.47 Å². The summed E-state index contributed by atoms with van der Waals surface area (Å²) < 4.78 is 11.5. The lowest BCUT2D eigenvalue weighted by Gasteiger charge is -2.42. The molecule has 5 nitrogen and oxygen atoms in total. The van der Waals surface area contributed by atoms with E-state index in [9.17, 15) is 9.59 Å². The minimum Gasteiger partial charge on any atom is -1.00 e. The highest BCUT2D eigenvalue weighted by atomic mass is 35.5. The number of piperidine rings is 1. The fraction of sp³-hybridized carbons (Fsp3) is 0.391. The molecule has 2 heterocycles. The first-order valence-electron chi connectivity index (χ1n) is 9.83. The van der Waals surface area contributed by atoms with E-state index in [2.05, 4.69) is 11.9 Å². The van der Waals surface area contributed by atoms with E-state index >= 15 is 0 Å². The number of benzene rings is 2. The zero-order valence-electron chi connectivity index (χ0n) is 16.4. The Kier molecular flexibility index (Phi) is 6.93. The maximum atomic E-state index is 12.6. The summed E-state index contributed by atoms with van der Waals surface area (Å²) in [6.07, 6.45) is 2.65. The number of esters is 2. The lowest BCUT2D eigenvalue weighted by molar-refractivity contribution is -0.0539. The van der Waals surface area contributed by atoms with Gasteiger partial charge in [-0.05, 0) is 44.2 Å². The van der Waals surface area contributed by atoms with Crippen LogP contribution in [0.2, 0.25) is 0 Å². The number of nitrogens with zero attached hydrogens (tertiary/aromatic N) is 1. The minimum atomic E-state index is -0.337. The van der Waals surface area contributed by atoms with E-state index in [-0.39, 0.29) is 49.0 Å². The molecule has 2 aromatic rings. The topological polar surface area (TPSA) is 55.8 Å². The Bertz CT molecular complexity index is 829. The molecule has 0 spiro atoms. The molecule has 29 heavy (non-hydrogen) atoms. The van der Waals surface area contributed by atoms with Crippen molar-refractivity contribution in [1.82, 2.24) is 4.90 Å². The van der Waals surface area contributed by atoms with Crippen molar-refractivity contribution in [3.05, 3.63) is 71.8 Å². The Hall–Kier alpha value is -2.37. The van der Waals surface area contributed by atoms with E-state index in [0.29, 0.717) is 17.2 Å². The molecule has 0 radical (unpaired) electrons. The zero-order valence-corrected chi connectivity index (χ0v) is 17.1. The number of fused-ring (bicyclic) bond motifs is 2. The highest BCUT2D eigenvalue weighted by Gasteiger charge is 2.47. The second kappa shape index (κ2) is 9.42. The molecule has 4 atom stereocenters. The zero-order chi connectivity index (χ0) is 19.5. The predicted octanol–water partition coefficient (Wildman–Crippen LogP) is 0.556. The van der Waals surface area contributed by atoms with Gasteiger partial charge in [0.2, 0.25) is 0 Å². The molecule has 0 amide bonds. The quantitative estimate of drug-likeness (QED) is 0.669. The summed E-state index contributed by atoms with van der Waals surface area (Å²) in [6.45, 7) is 0.252. The number of hydrogen-bond acceptors (Lipinski definition) is 5. The SMILES string of the molecule is CN1C2CCC1[C@H](COC(=O)c1ccccc1)[C@@H](OC(=O)c1ccccc1)C2.[Cl-]. The average Bonchev–Trinajstić information content (AvgIpc) is 2.98. The highest BCUT2D eigenvalue weighted by Crippen LogP contribution is 2.40. The number of ether oxygens (including phenoxy) is 2. The van der Waals surface area contributed by atoms with Gasteiger partial charge in [0.1, 0.15) is 6.10 Å². The van der Waals surface area contributed by atoms with Crippen LogP contribution in [0, 0.1) is 5.92 Å². The molecule has 0 aromatic heterocycles. The van der Waals surface area contributed by atoms with Crippen LogP contribution < -0.4 is 12.4 Å². The summed E-state index contributed by atoms with van der Waals surface area (Å²) in [5.41, 5.74) is 1.09. The molecule has 2 aliphatic rings. The largest absolute Gasteiger partial charge is 1.00 e. The van der Waals surface area contributed by atoms with Gasteiger partial charge in [0.25, 0.3) is 0 Å². The average molecular weight is 415 g/mol. The third-order valence-electron chi connectivity index (χ3n) is 6.06. The lowest BCUT2D eigenvalue weighted by Crippen LogP contribution is -3.00. The van der Waals surface area contributed by atoms with Crippen LogP contribution in [0.1, 0.15) is 40.0 Å². The number of hydrogen-bond donors (Lipinski definition) is 0. The van der Waals surface area contributed by atoms with Crippen LogP contribution in [-0.4, -0.2) is 48.7 Å². The number of carbonyl (C=O) groups is 2. The maximum absolute atomic E-state index is 12.6. The van der Waals surface area contributed by atoms with Gasteiger partial charge in [0, 0.05) is 24.4 Å². The van der Waals surface area contributed by atoms with Gasteiger partial charge in [-0.3, -0.25) is 4.90 Å². The third-order valence-corrected chi connectivity index (χ3v) is 6.06. The molecular formula is C23H25ClNO4-. The molecule has 6 heteroatoms. The van der Waals surface area contributed by atoms with E-state index in [0.717, 1.165) is 19.3 Å². The standard InChI is InChI=1S/C23H25NO4.ClH/c1-24-18-12-13-20(24)19(15-27-22(25)16-8-4-2-5-9-16)21(14-18)28-23(26)17-10-6-3-7-11-17;/h2-11,18-21H,12-15H2,1H3;1H/p-1/t18?,19-,20?,21-;/m0./s1. The molecule has 2 aromatic carbocycles. The van der Waals surface area contributed by atoms with Crippen molar-refractivity contribution < 1.29 is 31.5 Å². The van der Waals surface area contributed by atoms with Crippen molar-refractivity contribution in [2.24, 2.45) is 5.92 Å². The molecule has 4 rings (SSSR count). The monoisotopic (exact) mass is 414 g/mol. The highest BCUT2D eigenvalue weighted by molar-refractivity contribution is 5.90. The molecule has 0 aliphatic carbocycles. The Labute approximate surface area is 177 Å². The summed E-state index contributed by atoms with van der Waals surface area (Å²) in [5.74, 6) is -0.672. The number of rotatable bonds is 5. The van der Waals surface area contributed by atoms with Gasteiger partial charge < -0.3 is 21.9 Å². The van der Waals surface area contributed by atoms with Crippen molar-refractivity contribution in [1.29, 1.82) is 0 Å². The van der Waals surface area contributed by atoms with E-state index in [1.807, 2.05) is 36.4 Å². The van der Waals surface area contributed by atoms with E-state index < -0.39 is 0 Å². The summed E-state index contributed by atoms with van der Waals surface area (Å²) in [5, 5.41) is 0. The van der Waals surface area contributed by atoms with Crippen LogP contribution in [0.3, 0.4) is 0 Å². The molecule has 0 saturated carbocycles. The van der Waals surface area contributed by atoms with Crippen LogP contribution in [0.5, 0.6) is 0 Å². The predicted molar refractivity (Wildman–Crippen MR) is 105 cm³/mol. The molecule has 2 aliphatic heterocycles. The Morgan fingerprint density at radius 1 is 0.931 bits per heavy atom. The summed E-state index contributed by atoms with van der Waals surface area (Å²) in [6, 6.07) is 18.7. The van der Waals surface area contributed by atoms with Crippen molar-refractivity contribution in [2.75, 3.05) is 13.7 Å².